The molecule has 0 bridgehead atoms. The van der Waals surface area contributed by atoms with Crippen LogP contribution in [0.25, 0.3) is 0 Å². The summed E-state index contributed by atoms with van der Waals surface area (Å²) in [6, 6.07) is 4.61. The number of aromatic hydroxyl groups is 1. The number of hydrogen-bond donors (Lipinski definition) is 2. The number of amides is 1. The fourth-order valence-electron chi connectivity index (χ4n) is 1.48. The Balaban J connectivity index is 2.61. The van der Waals surface area contributed by atoms with Gasteiger partial charge in [-0.1, -0.05) is 11.6 Å². The lowest BCUT2D eigenvalue weighted by atomic mass is 10.1. The van der Waals surface area contributed by atoms with Crippen LogP contribution in [0.5, 0.6) is 5.75 Å². The molecule has 1 aromatic rings. The van der Waals surface area contributed by atoms with Crippen LogP contribution in [0.4, 0.5) is 0 Å². The van der Waals surface area contributed by atoms with E-state index < -0.39 is 5.97 Å². The summed E-state index contributed by atoms with van der Waals surface area (Å²) in [7, 11) is 0. The maximum absolute atomic E-state index is 11.7. The molecule has 0 spiro atoms. The molecule has 0 aromatic heterocycles. The third kappa shape index (κ3) is 4.99. The summed E-state index contributed by atoms with van der Waals surface area (Å²) in [5.74, 6) is -1.26. The molecule has 0 radical (unpaired) electrons. The number of hydrogen-bond acceptors (Lipinski definition) is 4. The zero-order valence-corrected chi connectivity index (χ0v) is 11.6. The average molecular weight is 265 g/mol. The highest BCUT2D eigenvalue weighted by Gasteiger charge is 2.17. The van der Waals surface area contributed by atoms with Crippen LogP contribution in [-0.2, 0) is 9.53 Å². The standard InChI is InChI=1S/C14H19NO4/c1-9-5-6-11(16)10(7-9)13(18)19-8-12(17)15-14(2,3)4/h5-7,16H,8H2,1-4H3,(H,15,17). The first kappa shape index (κ1) is 15.0. The van der Waals surface area contributed by atoms with Gasteiger partial charge < -0.3 is 15.2 Å². The minimum atomic E-state index is -0.717. The van der Waals surface area contributed by atoms with Gasteiger partial charge in [0.05, 0.1) is 0 Å². The third-order valence-electron chi connectivity index (χ3n) is 2.22. The predicted molar refractivity (Wildman–Crippen MR) is 71.0 cm³/mol. The number of phenols is 1. The van der Waals surface area contributed by atoms with Crippen molar-refractivity contribution in [1.29, 1.82) is 0 Å². The predicted octanol–water partition coefficient (Wildman–Crippen LogP) is 1.77. The summed E-state index contributed by atoms with van der Waals surface area (Å²) < 4.78 is 4.86. The van der Waals surface area contributed by atoms with Gasteiger partial charge in [0.15, 0.2) is 6.61 Å². The summed E-state index contributed by atoms with van der Waals surface area (Å²) in [5, 5.41) is 12.2. The Morgan fingerprint density at radius 3 is 2.53 bits per heavy atom. The molecule has 0 aliphatic carbocycles. The molecular weight excluding hydrogens is 246 g/mol. The Hall–Kier alpha value is -2.04. The topological polar surface area (TPSA) is 75.6 Å². The highest BCUT2D eigenvalue weighted by atomic mass is 16.5. The molecule has 1 rings (SSSR count). The van der Waals surface area contributed by atoms with Gasteiger partial charge in [-0.2, -0.15) is 0 Å². The Morgan fingerprint density at radius 1 is 1.32 bits per heavy atom. The Bertz CT molecular complexity index is 489. The van der Waals surface area contributed by atoms with Crippen LogP contribution in [0.3, 0.4) is 0 Å². The number of esters is 1. The molecule has 0 unspecified atom stereocenters. The summed E-state index contributed by atoms with van der Waals surface area (Å²) in [6.45, 7) is 6.92. The second kappa shape index (κ2) is 5.73. The van der Waals surface area contributed by atoms with Crippen LogP contribution in [0.2, 0.25) is 0 Å². The Morgan fingerprint density at radius 2 is 1.95 bits per heavy atom. The van der Waals surface area contributed by atoms with E-state index in [0.29, 0.717) is 0 Å². The van der Waals surface area contributed by atoms with Crippen LogP contribution in [0, 0.1) is 6.92 Å². The summed E-state index contributed by atoms with van der Waals surface area (Å²) in [6.07, 6.45) is 0. The van der Waals surface area contributed by atoms with E-state index in [9.17, 15) is 14.7 Å². The van der Waals surface area contributed by atoms with Gasteiger partial charge in [-0.15, -0.1) is 0 Å². The lowest BCUT2D eigenvalue weighted by Crippen LogP contribution is -2.42. The molecule has 0 aliphatic heterocycles. The van der Waals surface area contributed by atoms with Crippen LogP contribution in [0.15, 0.2) is 18.2 Å². The molecule has 5 heteroatoms. The van der Waals surface area contributed by atoms with E-state index in [0.717, 1.165) is 5.56 Å². The molecule has 1 aromatic carbocycles. The fraction of sp³-hybridized carbons (Fsp3) is 0.429. The number of rotatable bonds is 3. The maximum atomic E-state index is 11.7. The van der Waals surface area contributed by atoms with Crippen LogP contribution in [0.1, 0.15) is 36.7 Å². The number of phenolic OH excluding ortho intramolecular Hbond substituents is 1. The van der Waals surface area contributed by atoms with Gasteiger partial charge in [0.2, 0.25) is 0 Å². The van der Waals surface area contributed by atoms with Gasteiger partial charge in [0.25, 0.3) is 5.91 Å². The number of carbonyl (C=O) groups is 2. The van der Waals surface area contributed by atoms with Crippen molar-refractivity contribution in [3.8, 4) is 5.75 Å². The van der Waals surface area contributed by atoms with Crippen molar-refractivity contribution in [2.45, 2.75) is 33.2 Å². The molecule has 0 aliphatic rings. The molecule has 0 heterocycles. The van der Waals surface area contributed by atoms with Crippen molar-refractivity contribution < 1.29 is 19.4 Å². The highest BCUT2D eigenvalue weighted by Crippen LogP contribution is 2.18. The Kier molecular flexibility index (Phi) is 4.53. The lowest BCUT2D eigenvalue weighted by Gasteiger charge is -2.20. The second-order valence-corrected chi connectivity index (χ2v) is 5.39. The molecule has 104 valence electrons. The molecule has 19 heavy (non-hydrogen) atoms. The van der Waals surface area contributed by atoms with E-state index in [1.807, 2.05) is 20.8 Å². The number of ether oxygens (including phenoxy) is 1. The van der Waals surface area contributed by atoms with Crippen molar-refractivity contribution >= 4 is 11.9 Å². The van der Waals surface area contributed by atoms with E-state index in [1.54, 1.807) is 13.0 Å². The van der Waals surface area contributed by atoms with E-state index in [4.69, 9.17) is 4.74 Å². The number of aryl methyl sites for hydroxylation is 1. The molecule has 0 atom stereocenters. The third-order valence-corrected chi connectivity index (χ3v) is 2.22. The van der Waals surface area contributed by atoms with Crippen LogP contribution < -0.4 is 5.32 Å². The molecule has 0 saturated heterocycles. The van der Waals surface area contributed by atoms with E-state index >= 15 is 0 Å². The highest BCUT2D eigenvalue weighted by molar-refractivity contribution is 5.94. The van der Waals surface area contributed by atoms with Crippen molar-refractivity contribution in [1.82, 2.24) is 5.32 Å². The fourth-order valence-corrected chi connectivity index (χ4v) is 1.48. The first-order chi connectivity index (χ1) is 8.69. The Labute approximate surface area is 112 Å². The normalized spacial score (nSPS) is 10.9. The van der Waals surface area contributed by atoms with Gasteiger partial charge in [0.1, 0.15) is 11.3 Å². The molecule has 1 amide bonds. The number of nitrogens with one attached hydrogen (secondary N) is 1. The van der Waals surface area contributed by atoms with Gasteiger partial charge in [-0.25, -0.2) is 4.79 Å². The monoisotopic (exact) mass is 265 g/mol. The summed E-state index contributed by atoms with van der Waals surface area (Å²) in [5.41, 5.74) is 0.502. The molecule has 0 fully saturated rings. The minimum Gasteiger partial charge on any atom is -0.507 e. The van der Waals surface area contributed by atoms with Crippen molar-refractivity contribution in [3.05, 3.63) is 29.3 Å². The molecule has 5 nitrogen and oxygen atoms in total. The number of benzene rings is 1. The van der Waals surface area contributed by atoms with Gasteiger partial charge in [-0.3, -0.25) is 4.79 Å². The first-order valence-electron chi connectivity index (χ1n) is 5.97. The van der Waals surface area contributed by atoms with Crippen molar-refractivity contribution in [2.75, 3.05) is 6.61 Å². The number of carbonyl (C=O) groups excluding carboxylic acids is 2. The van der Waals surface area contributed by atoms with Crippen LogP contribution in [-0.4, -0.2) is 29.1 Å². The largest absolute Gasteiger partial charge is 0.507 e. The van der Waals surface area contributed by atoms with E-state index in [2.05, 4.69) is 5.32 Å². The zero-order chi connectivity index (χ0) is 14.6. The van der Waals surface area contributed by atoms with Crippen LogP contribution >= 0.6 is 0 Å². The SMILES string of the molecule is Cc1ccc(O)c(C(=O)OCC(=O)NC(C)(C)C)c1. The lowest BCUT2D eigenvalue weighted by molar-refractivity contribution is -0.125. The van der Waals surface area contributed by atoms with Crippen molar-refractivity contribution in [2.24, 2.45) is 0 Å². The van der Waals surface area contributed by atoms with E-state index in [1.165, 1.54) is 12.1 Å². The van der Waals surface area contributed by atoms with Gasteiger partial charge in [-0.05, 0) is 39.8 Å². The molecule has 0 saturated carbocycles. The minimum absolute atomic E-state index is 0.0589. The van der Waals surface area contributed by atoms with Gasteiger partial charge >= 0.3 is 5.97 Å². The van der Waals surface area contributed by atoms with Gasteiger partial charge in [0, 0.05) is 5.54 Å². The first-order valence-corrected chi connectivity index (χ1v) is 5.97. The summed E-state index contributed by atoms with van der Waals surface area (Å²) >= 11 is 0. The molecular formula is C14H19NO4. The quantitative estimate of drug-likeness (QED) is 0.817. The molecule has 2 N–H and O–H groups in total. The second-order valence-electron chi connectivity index (χ2n) is 5.39. The zero-order valence-electron chi connectivity index (χ0n) is 11.6. The van der Waals surface area contributed by atoms with E-state index in [-0.39, 0.29) is 29.4 Å². The average Bonchev–Trinajstić information content (AvgIpc) is 2.27. The maximum Gasteiger partial charge on any atom is 0.342 e. The summed E-state index contributed by atoms with van der Waals surface area (Å²) in [4.78, 5) is 23.2. The smallest absolute Gasteiger partial charge is 0.342 e. The van der Waals surface area contributed by atoms with Crippen molar-refractivity contribution in [3.63, 3.8) is 0 Å².